The molecule has 0 unspecified atom stereocenters. The monoisotopic (exact) mass is 436 g/mol. The van der Waals surface area contributed by atoms with Crippen molar-refractivity contribution in [1.82, 2.24) is 21.1 Å². The molecule has 144 valence electrons. The molecular formula is C18H21BrN4O4. The highest BCUT2D eigenvalue weighted by Gasteiger charge is 2.55. The quantitative estimate of drug-likeness (QED) is 0.494. The van der Waals surface area contributed by atoms with Gasteiger partial charge in [0, 0.05) is 10.0 Å². The highest BCUT2D eigenvalue weighted by molar-refractivity contribution is 9.10. The summed E-state index contributed by atoms with van der Waals surface area (Å²) in [6.07, 6.45) is 3.32. The van der Waals surface area contributed by atoms with Crippen LogP contribution in [0.1, 0.15) is 43.0 Å². The maximum Gasteiger partial charge on any atom is 0.325 e. The van der Waals surface area contributed by atoms with Crippen LogP contribution in [0.2, 0.25) is 0 Å². The maximum absolute atomic E-state index is 12.8. The van der Waals surface area contributed by atoms with Crippen LogP contribution in [0.4, 0.5) is 4.79 Å². The fraction of sp³-hybridized carbons (Fsp3) is 0.444. The number of carbonyl (C=O) groups is 4. The van der Waals surface area contributed by atoms with Crippen LogP contribution >= 0.6 is 15.9 Å². The highest BCUT2D eigenvalue weighted by Crippen LogP contribution is 2.38. The molecule has 27 heavy (non-hydrogen) atoms. The van der Waals surface area contributed by atoms with Gasteiger partial charge in [-0.2, -0.15) is 0 Å². The number of benzene rings is 1. The summed E-state index contributed by atoms with van der Waals surface area (Å²) in [7, 11) is 0. The zero-order valence-corrected chi connectivity index (χ0v) is 16.5. The molecule has 1 aromatic carbocycles. The Morgan fingerprint density at radius 3 is 2.59 bits per heavy atom. The zero-order valence-electron chi connectivity index (χ0n) is 14.9. The van der Waals surface area contributed by atoms with E-state index in [1.165, 1.54) is 0 Å². The fourth-order valence-corrected chi connectivity index (χ4v) is 3.89. The number of amides is 5. The fourth-order valence-electron chi connectivity index (χ4n) is 3.62. The van der Waals surface area contributed by atoms with E-state index in [0.29, 0.717) is 12.0 Å². The van der Waals surface area contributed by atoms with Crippen LogP contribution in [0.25, 0.3) is 0 Å². The second-order valence-corrected chi connectivity index (χ2v) is 7.86. The molecule has 9 heteroatoms. The van der Waals surface area contributed by atoms with Crippen molar-refractivity contribution in [1.29, 1.82) is 0 Å². The van der Waals surface area contributed by atoms with Gasteiger partial charge >= 0.3 is 6.03 Å². The minimum absolute atomic E-state index is 0.0212. The molecule has 1 spiro atoms. The van der Waals surface area contributed by atoms with Crippen LogP contribution in [0.5, 0.6) is 0 Å². The molecule has 0 radical (unpaired) electrons. The minimum Gasteiger partial charge on any atom is -0.323 e. The van der Waals surface area contributed by atoms with Crippen molar-refractivity contribution >= 4 is 39.7 Å². The first-order valence-corrected chi connectivity index (χ1v) is 9.61. The van der Waals surface area contributed by atoms with Crippen molar-refractivity contribution in [2.24, 2.45) is 5.92 Å². The molecule has 0 aromatic heterocycles. The van der Waals surface area contributed by atoms with Gasteiger partial charge in [0.25, 0.3) is 17.7 Å². The van der Waals surface area contributed by atoms with E-state index in [-0.39, 0.29) is 11.8 Å². The lowest BCUT2D eigenvalue weighted by Crippen LogP contribution is -2.54. The lowest BCUT2D eigenvalue weighted by Gasteiger charge is -2.36. The van der Waals surface area contributed by atoms with E-state index in [1.807, 2.05) is 6.92 Å². The number of carbonyl (C=O) groups excluding carboxylic acids is 4. The lowest BCUT2D eigenvalue weighted by atomic mass is 9.73. The Morgan fingerprint density at radius 1 is 1.22 bits per heavy atom. The van der Waals surface area contributed by atoms with Crippen molar-refractivity contribution < 1.29 is 19.2 Å². The first-order valence-electron chi connectivity index (χ1n) is 8.82. The van der Waals surface area contributed by atoms with Gasteiger partial charge in [-0.15, -0.1) is 0 Å². The summed E-state index contributed by atoms with van der Waals surface area (Å²) < 4.78 is 0.826. The molecule has 3 rings (SSSR count). The molecule has 2 atom stereocenters. The van der Waals surface area contributed by atoms with Crippen molar-refractivity contribution in [2.45, 2.75) is 38.1 Å². The minimum atomic E-state index is -0.906. The van der Waals surface area contributed by atoms with Crippen LogP contribution in [0.3, 0.4) is 0 Å². The smallest absolute Gasteiger partial charge is 0.323 e. The number of imide groups is 1. The van der Waals surface area contributed by atoms with Crippen LogP contribution < -0.4 is 16.2 Å². The molecule has 1 aliphatic carbocycles. The molecule has 1 aromatic rings. The topological polar surface area (TPSA) is 108 Å². The number of hydrazine groups is 1. The van der Waals surface area contributed by atoms with Gasteiger partial charge in [0.15, 0.2) is 0 Å². The molecule has 1 saturated carbocycles. The molecule has 1 saturated heterocycles. The molecule has 1 heterocycles. The van der Waals surface area contributed by atoms with Crippen LogP contribution in [0, 0.1) is 5.92 Å². The third-order valence-electron chi connectivity index (χ3n) is 5.23. The van der Waals surface area contributed by atoms with Gasteiger partial charge in [-0.1, -0.05) is 35.7 Å². The van der Waals surface area contributed by atoms with Crippen LogP contribution in [-0.2, 0) is 9.59 Å². The maximum atomic E-state index is 12.8. The summed E-state index contributed by atoms with van der Waals surface area (Å²) in [4.78, 5) is 50.1. The average Bonchev–Trinajstić information content (AvgIpc) is 2.88. The number of nitrogens with zero attached hydrogens (tertiary/aromatic N) is 1. The predicted octanol–water partition coefficient (Wildman–Crippen LogP) is 1.71. The van der Waals surface area contributed by atoms with Gasteiger partial charge in [0.05, 0.1) is 0 Å². The van der Waals surface area contributed by atoms with Gasteiger partial charge in [0.2, 0.25) is 0 Å². The average molecular weight is 437 g/mol. The predicted molar refractivity (Wildman–Crippen MR) is 100 cm³/mol. The van der Waals surface area contributed by atoms with Gasteiger partial charge in [-0.3, -0.25) is 30.1 Å². The number of urea groups is 1. The van der Waals surface area contributed by atoms with Gasteiger partial charge in [-0.25, -0.2) is 4.79 Å². The Kier molecular flexibility index (Phi) is 5.50. The van der Waals surface area contributed by atoms with E-state index in [4.69, 9.17) is 0 Å². The summed E-state index contributed by atoms with van der Waals surface area (Å²) in [6, 6.07) is 6.03. The second-order valence-electron chi connectivity index (χ2n) is 6.95. The molecule has 0 bridgehead atoms. The summed E-state index contributed by atoms with van der Waals surface area (Å²) in [5, 5.41) is 2.79. The van der Waals surface area contributed by atoms with Crippen LogP contribution in [-0.4, -0.2) is 40.7 Å². The van der Waals surface area contributed by atoms with E-state index in [1.54, 1.807) is 24.3 Å². The number of hydrogen-bond donors (Lipinski definition) is 3. The Bertz CT molecular complexity index is 782. The summed E-state index contributed by atoms with van der Waals surface area (Å²) in [6.45, 7) is 1.50. The van der Waals surface area contributed by atoms with Gasteiger partial charge in [-0.05, 0) is 43.0 Å². The van der Waals surface area contributed by atoms with E-state index >= 15 is 0 Å². The Hall–Kier alpha value is -2.42. The van der Waals surface area contributed by atoms with Crippen molar-refractivity contribution in [3.63, 3.8) is 0 Å². The molecule has 2 fully saturated rings. The normalized spacial score (nSPS) is 24.7. The third-order valence-corrected chi connectivity index (χ3v) is 5.75. The zero-order chi connectivity index (χ0) is 19.6. The Morgan fingerprint density at radius 2 is 1.93 bits per heavy atom. The Labute approximate surface area is 165 Å². The van der Waals surface area contributed by atoms with Gasteiger partial charge in [0.1, 0.15) is 12.1 Å². The third kappa shape index (κ3) is 3.83. The number of rotatable bonds is 3. The number of halogens is 1. The van der Waals surface area contributed by atoms with Crippen LogP contribution in [0.15, 0.2) is 28.7 Å². The summed E-state index contributed by atoms with van der Waals surface area (Å²) in [5.74, 6) is -1.49. The SMILES string of the molecule is C[C@@H]1CCCC[C@]12NC(=O)N(CC(=O)NNC(=O)c1ccc(Br)cc1)C2=O. The largest absolute Gasteiger partial charge is 0.325 e. The molecule has 8 nitrogen and oxygen atoms in total. The van der Waals surface area contributed by atoms with E-state index in [0.717, 1.165) is 28.6 Å². The summed E-state index contributed by atoms with van der Waals surface area (Å²) >= 11 is 3.27. The van der Waals surface area contributed by atoms with E-state index in [2.05, 4.69) is 32.1 Å². The highest BCUT2D eigenvalue weighted by atomic mass is 79.9. The molecule has 3 N–H and O–H groups in total. The molecule has 5 amide bonds. The summed E-state index contributed by atoms with van der Waals surface area (Å²) in [5.41, 5.74) is 3.98. The van der Waals surface area contributed by atoms with Crippen molar-refractivity contribution in [3.8, 4) is 0 Å². The second kappa shape index (κ2) is 7.67. The first-order chi connectivity index (χ1) is 12.8. The standard InChI is InChI=1S/C18H21BrN4O4/c1-11-4-2-3-9-18(11)16(26)23(17(27)20-18)10-14(24)21-22-15(25)12-5-7-13(19)8-6-12/h5-8,11H,2-4,9-10H2,1H3,(H,20,27)(H,21,24)(H,22,25)/t11-,18+/m1/s1. The van der Waals surface area contributed by atoms with Crippen molar-refractivity contribution in [2.75, 3.05) is 6.54 Å². The first kappa shape index (κ1) is 19.3. The van der Waals surface area contributed by atoms with E-state index in [9.17, 15) is 19.2 Å². The molecule has 1 aliphatic heterocycles. The van der Waals surface area contributed by atoms with Crippen molar-refractivity contribution in [3.05, 3.63) is 34.3 Å². The number of nitrogens with one attached hydrogen (secondary N) is 3. The number of hydrogen-bond acceptors (Lipinski definition) is 4. The lowest BCUT2D eigenvalue weighted by molar-refractivity contribution is -0.137. The molecule has 2 aliphatic rings. The molecular weight excluding hydrogens is 416 g/mol. The Balaban J connectivity index is 1.57. The van der Waals surface area contributed by atoms with Gasteiger partial charge < -0.3 is 5.32 Å². The van der Waals surface area contributed by atoms with E-state index < -0.39 is 29.9 Å².